The molecule has 0 aromatic carbocycles. The first-order valence-electron chi connectivity index (χ1n) is 13.7. The number of aliphatic hydroxyl groups is 1. The Labute approximate surface area is 215 Å². The molecule has 0 heterocycles. The van der Waals surface area contributed by atoms with Crippen LogP contribution in [0, 0.1) is 45.3 Å². The number of hydrogen-bond acceptors (Lipinski definition) is 5. The molecule has 4 rings (SSSR count). The molecule has 0 spiro atoms. The molecule has 0 radical (unpaired) electrons. The number of carbonyl (C=O) groups is 4. The van der Waals surface area contributed by atoms with Crippen molar-refractivity contribution in [2.75, 3.05) is 0 Å². The maximum absolute atomic E-state index is 14.0. The average molecular weight is 501 g/mol. The first kappa shape index (κ1) is 27.2. The van der Waals surface area contributed by atoms with Gasteiger partial charge in [0, 0.05) is 47.5 Å². The molecule has 2 fully saturated rings. The highest BCUT2D eigenvalue weighted by atomic mass is 16.4. The lowest BCUT2D eigenvalue weighted by Gasteiger charge is -2.60. The van der Waals surface area contributed by atoms with E-state index in [0.717, 1.165) is 24.0 Å². The number of carboxylic acids is 1. The molecule has 4 aliphatic rings. The number of aliphatic hydroxyl groups excluding tert-OH is 1. The Hall–Kier alpha value is -1.82. The second kappa shape index (κ2) is 8.61. The van der Waals surface area contributed by atoms with Crippen LogP contribution in [0.3, 0.4) is 0 Å². The van der Waals surface area contributed by atoms with Crippen molar-refractivity contribution < 1.29 is 29.4 Å². The van der Waals surface area contributed by atoms with E-state index in [-0.39, 0.29) is 53.4 Å². The third-order valence-corrected chi connectivity index (χ3v) is 11.6. The molecule has 0 bridgehead atoms. The summed E-state index contributed by atoms with van der Waals surface area (Å²) in [6.45, 7) is 14.1. The summed E-state index contributed by atoms with van der Waals surface area (Å²) in [6.07, 6.45) is 3.25. The van der Waals surface area contributed by atoms with E-state index in [1.54, 1.807) is 6.92 Å². The summed E-state index contributed by atoms with van der Waals surface area (Å²) in [5.74, 6) is -1.29. The van der Waals surface area contributed by atoms with E-state index in [1.807, 2.05) is 20.8 Å². The van der Waals surface area contributed by atoms with Crippen LogP contribution in [0.15, 0.2) is 11.1 Å². The van der Waals surface area contributed by atoms with Crippen molar-refractivity contribution in [1.29, 1.82) is 0 Å². The molecule has 0 amide bonds. The fourth-order valence-electron chi connectivity index (χ4n) is 9.26. The Bertz CT molecular complexity index is 1040. The minimum atomic E-state index is -0.971. The van der Waals surface area contributed by atoms with E-state index in [2.05, 4.69) is 20.8 Å². The lowest BCUT2D eigenvalue weighted by atomic mass is 9.43. The first-order chi connectivity index (χ1) is 16.5. The standard InChI is InChI=1S/C30H44O6/c1-16(12-18(31)13-17(2)26(35)36)20-14-24(34)30(7)19-8-9-22-27(3,4)23(33)10-11-28(22,5)25(19)21(32)15-29(20,30)6/h16-17,20,22,24,34H,8-15H2,1-7H3,(H,35,36)/t16-,17?,20-,22?,24-,28+,29-,30-/m1/s1. The van der Waals surface area contributed by atoms with Gasteiger partial charge in [0.15, 0.2) is 5.78 Å². The smallest absolute Gasteiger partial charge is 0.306 e. The zero-order valence-corrected chi connectivity index (χ0v) is 23.1. The van der Waals surface area contributed by atoms with Crippen molar-refractivity contribution >= 4 is 23.3 Å². The third kappa shape index (κ3) is 3.60. The van der Waals surface area contributed by atoms with Crippen LogP contribution < -0.4 is 0 Å². The maximum Gasteiger partial charge on any atom is 0.306 e. The summed E-state index contributed by atoms with van der Waals surface area (Å²) in [5, 5.41) is 20.8. The van der Waals surface area contributed by atoms with Crippen LogP contribution in [0.4, 0.5) is 0 Å². The number of carboxylic acid groups (broad SMARTS) is 1. The van der Waals surface area contributed by atoms with Gasteiger partial charge in [0.25, 0.3) is 0 Å². The van der Waals surface area contributed by atoms with Crippen LogP contribution in [-0.2, 0) is 19.2 Å². The minimum absolute atomic E-state index is 0.00537. The second-order valence-electron chi connectivity index (χ2n) is 13.7. The highest BCUT2D eigenvalue weighted by molar-refractivity contribution is 6.00. The summed E-state index contributed by atoms with van der Waals surface area (Å²) in [5.41, 5.74) is 0.108. The Morgan fingerprint density at radius 3 is 2.28 bits per heavy atom. The Morgan fingerprint density at radius 2 is 1.67 bits per heavy atom. The lowest BCUT2D eigenvalue weighted by Crippen LogP contribution is -2.57. The molecule has 8 atom stereocenters. The molecule has 6 heteroatoms. The lowest BCUT2D eigenvalue weighted by molar-refractivity contribution is -0.143. The second-order valence-corrected chi connectivity index (χ2v) is 13.7. The van der Waals surface area contributed by atoms with E-state index in [4.69, 9.17) is 0 Å². The van der Waals surface area contributed by atoms with Gasteiger partial charge in [-0.1, -0.05) is 54.0 Å². The monoisotopic (exact) mass is 500 g/mol. The van der Waals surface area contributed by atoms with Gasteiger partial charge in [-0.15, -0.1) is 0 Å². The zero-order valence-electron chi connectivity index (χ0n) is 23.1. The van der Waals surface area contributed by atoms with E-state index in [0.29, 0.717) is 25.7 Å². The number of ketones is 3. The predicted molar refractivity (Wildman–Crippen MR) is 136 cm³/mol. The normalized spacial score (nSPS) is 41.3. The molecular formula is C30H44O6. The summed E-state index contributed by atoms with van der Waals surface area (Å²) < 4.78 is 0. The topological polar surface area (TPSA) is 109 Å². The quantitative estimate of drug-likeness (QED) is 0.521. The number of fused-ring (bicyclic) bond motifs is 4. The average Bonchev–Trinajstić information content (AvgIpc) is 2.97. The van der Waals surface area contributed by atoms with E-state index in [1.165, 1.54) is 0 Å². The third-order valence-electron chi connectivity index (χ3n) is 11.6. The van der Waals surface area contributed by atoms with Crippen molar-refractivity contribution in [3.63, 3.8) is 0 Å². The highest BCUT2D eigenvalue weighted by Gasteiger charge is 2.68. The highest BCUT2D eigenvalue weighted by Crippen LogP contribution is 2.71. The summed E-state index contributed by atoms with van der Waals surface area (Å²) >= 11 is 0. The molecule has 0 aliphatic heterocycles. The number of allylic oxidation sites excluding steroid dienone is 1. The van der Waals surface area contributed by atoms with Crippen LogP contribution >= 0.6 is 0 Å². The largest absolute Gasteiger partial charge is 0.481 e. The SMILES string of the molecule is CC(CC(=O)C[C@@H](C)[C@H]1C[C@@H](O)[C@@]2(C)C3=C(C(=O)C[C@]12C)[C@@]1(C)CCC(=O)C(C)(C)C1CC3)C(=O)O. The van der Waals surface area contributed by atoms with Gasteiger partial charge in [0.1, 0.15) is 11.6 Å². The van der Waals surface area contributed by atoms with Crippen LogP contribution in [0.1, 0.15) is 99.8 Å². The molecule has 0 aromatic heterocycles. The van der Waals surface area contributed by atoms with Crippen molar-refractivity contribution in [1.82, 2.24) is 0 Å². The van der Waals surface area contributed by atoms with Crippen molar-refractivity contribution in [3.05, 3.63) is 11.1 Å². The zero-order chi connectivity index (χ0) is 27.0. The van der Waals surface area contributed by atoms with Crippen LogP contribution in [0.5, 0.6) is 0 Å². The molecule has 200 valence electrons. The summed E-state index contributed by atoms with van der Waals surface area (Å²) in [4.78, 5) is 50.8. The number of carbonyl (C=O) groups excluding carboxylic acids is 3. The first-order valence-corrected chi connectivity index (χ1v) is 13.7. The van der Waals surface area contributed by atoms with Crippen molar-refractivity contribution in [3.8, 4) is 0 Å². The summed E-state index contributed by atoms with van der Waals surface area (Å²) in [7, 11) is 0. The number of aliphatic carboxylic acids is 1. The van der Waals surface area contributed by atoms with Crippen LogP contribution in [0.25, 0.3) is 0 Å². The van der Waals surface area contributed by atoms with Gasteiger partial charge in [0.05, 0.1) is 12.0 Å². The molecule has 4 aliphatic carbocycles. The Kier molecular flexibility index (Phi) is 6.51. The molecule has 36 heavy (non-hydrogen) atoms. The van der Waals surface area contributed by atoms with Gasteiger partial charge in [-0.3, -0.25) is 19.2 Å². The van der Waals surface area contributed by atoms with Crippen molar-refractivity contribution in [2.45, 2.75) is 106 Å². The maximum atomic E-state index is 14.0. The fourth-order valence-corrected chi connectivity index (χ4v) is 9.26. The van der Waals surface area contributed by atoms with E-state index < -0.39 is 34.2 Å². The van der Waals surface area contributed by atoms with Gasteiger partial charge in [-0.05, 0) is 48.9 Å². The Morgan fingerprint density at radius 1 is 1.03 bits per heavy atom. The van der Waals surface area contributed by atoms with E-state index >= 15 is 0 Å². The van der Waals surface area contributed by atoms with Crippen molar-refractivity contribution in [2.24, 2.45) is 45.3 Å². The number of Topliss-reactive ketones (excluding diaryl/α,β-unsaturated/α-hetero) is 3. The fraction of sp³-hybridized carbons (Fsp3) is 0.800. The predicted octanol–water partition coefficient (Wildman–Crippen LogP) is 5.16. The number of rotatable bonds is 6. The van der Waals surface area contributed by atoms with Gasteiger partial charge in [-0.25, -0.2) is 0 Å². The van der Waals surface area contributed by atoms with Crippen LogP contribution in [0.2, 0.25) is 0 Å². The molecule has 6 nitrogen and oxygen atoms in total. The Balaban J connectivity index is 1.70. The summed E-state index contributed by atoms with van der Waals surface area (Å²) in [6, 6.07) is 0. The van der Waals surface area contributed by atoms with Gasteiger partial charge >= 0.3 is 5.97 Å². The molecule has 0 aromatic rings. The molecule has 0 saturated heterocycles. The minimum Gasteiger partial charge on any atom is -0.481 e. The van der Waals surface area contributed by atoms with Gasteiger partial charge in [0.2, 0.25) is 0 Å². The molecule has 2 saturated carbocycles. The molecule has 2 unspecified atom stereocenters. The molecular weight excluding hydrogens is 456 g/mol. The van der Waals surface area contributed by atoms with Crippen LogP contribution in [-0.4, -0.2) is 39.6 Å². The number of hydrogen-bond donors (Lipinski definition) is 2. The van der Waals surface area contributed by atoms with Gasteiger partial charge < -0.3 is 10.2 Å². The van der Waals surface area contributed by atoms with E-state index in [9.17, 15) is 29.4 Å². The molecule has 2 N–H and O–H groups in total. The van der Waals surface area contributed by atoms with Gasteiger partial charge in [-0.2, -0.15) is 0 Å².